The third kappa shape index (κ3) is 2.78. The summed E-state index contributed by atoms with van der Waals surface area (Å²) in [5.41, 5.74) is 8.48. The SMILES string of the molecule is NC(Nc1cccc(I)c1)c1cccc2ccccc12. The standard InChI is InChI=1S/C17H15IN2/c18-13-7-4-8-14(11-13)20-17(19)16-10-3-6-12-5-1-2-9-15(12)16/h1-11,17,20H,19H2. The van der Waals surface area contributed by atoms with E-state index in [1.807, 2.05) is 30.3 Å². The van der Waals surface area contributed by atoms with Crippen molar-refractivity contribution >= 4 is 39.1 Å². The topological polar surface area (TPSA) is 38.0 Å². The summed E-state index contributed by atoms with van der Waals surface area (Å²) in [6.07, 6.45) is -0.223. The first-order chi connectivity index (χ1) is 9.74. The largest absolute Gasteiger partial charge is 0.366 e. The molecule has 3 rings (SSSR count). The van der Waals surface area contributed by atoms with Gasteiger partial charge in [-0.05, 0) is 57.1 Å². The van der Waals surface area contributed by atoms with Gasteiger partial charge in [0.05, 0.1) is 0 Å². The minimum atomic E-state index is -0.223. The molecule has 0 bridgehead atoms. The molecule has 0 saturated carbocycles. The van der Waals surface area contributed by atoms with Crippen LogP contribution in [0.4, 0.5) is 5.69 Å². The summed E-state index contributed by atoms with van der Waals surface area (Å²) in [7, 11) is 0. The van der Waals surface area contributed by atoms with E-state index in [0.717, 1.165) is 11.3 Å². The Morgan fingerprint density at radius 1 is 0.900 bits per heavy atom. The van der Waals surface area contributed by atoms with Crippen LogP contribution in [-0.2, 0) is 0 Å². The Morgan fingerprint density at radius 2 is 1.65 bits per heavy atom. The highest BCUT2D eigenvalue weighted by atomic mass is 127. The fourth-order valence-corrected chi connectivity index (χ4v) is 2.90. The molecule has 1 unspecified atom stereocenters. The van der Waals surface area contributed by atoms with Gasteiger partial charge in [0.25, 0.3) is 0 Å². The zero-order valence-electron chi connectivity index (χ0n) is 10.9. The van der Waals surface area contributed by atoms with Crippen molar-refractivity contribution in [2.24, 2.45) is 5.73 Å². The monoisotopic (exact) mass is 374 g/mol. The van der Waals surface area contributed by atoms with Crippen molar-refractivity contribution in [3.05, 3.63) is 75.9 Å². The molecule has 0 saturated heterocycles. The number of rotatable bonds is 3. The number of nitrogens with two attached hydrogens (primary N) is 1. The van der Waals surface area contributed by atoms with E-state index in [1.165, 1.54) is 14.3 Å². The normalized spacial score (nSPS) is 12.3. The molecule has 3 aromatic carbocycles. The number of anilines is 1. The summed E-state index contributed by atoms with van der Waals surface area (Å²) in [4.78, 5) is 0. The van der Waals surface area contributed by atoms with Gasteiger partial charge in [0.2, 0.25) is 0 Å². The first-order valence-corrected chi connectivity index (χ1v) is 7.57. The summed E-state index contributed by atoms with van der Waals surface area (Å²) >= 11 is 2.30. The first-order valence-electron chi connectivity index (χ1n) is 6.49. The zero-order valence-corrected chi connectivity index (χ0v) is 13.0. The lowest BCUT2D eigenvalue weighted by Crippen LogP contribution is -2.20. The van der Waals surface area contributed by atoms with Crippen molar-refractivity contribution < 1.29 is 0 Å². The molecule has 0 radical (unpaired) electrons. The highest BCUT2D eigenvalue weighted by Crippen LogP contribution is 2.24. The fourth-order valence-electron chi connectivity index (χ4n) is 2.36. The first kappa shape index (κ1) is 13.4. The summed E-state index contributed by atoms with van der Waals surface area (Å²) in [6, 6.07) is 22.8. The van der Waals surface area contributed by atoms with Gasteiger partial charge < -0.3 is 11.1 Å². The van der Waals surface area contributed by atoms with Crippen LogP contribution in [0.1, 0.15) is 11.7 Å². The van der Waals surface area contributed by atoms with Crippen molar-refractivity contribution in [1.82, 2.24) is 0 Å². The van der Waals surface area contributed by atoms with Crippen LogP contribution in [0.15, 0.2) is 66.7 Å². The molecular formula is C17H15IN2. The highest BCUT2D eigenvalue weighted by Gasteiger charge is 2.09. The van der Waals surface area contributed by atoms with E-state index in [-0.39, 0.29) is 6.17 Å². The predicted molar refractivity (Wildman–Crippen MR) is 93.7 cm³/mol. The molecule has 20 heavy (non-hydrogen) atoms. The van der Waals surface area contributed by atoms with Crippen molar-refractivity contribution in [2.45, 2.75) is 6.17 Å². The molecule has 3 N–H and O–H groups in total. The number of benzene rings is 3. The van der Waals surface area contributed by atoms with Crippen molar-refractivity contribution in [3.63, 3.8) is 0 Å². The highest BCUT2D eigenvalue weighted by molar-refractivity contribution is 14.1. The Bertz CT molecular complexity index is 734. The van der Waals surface area contributed by atoms with E-state index in [9.17, 15) is 0 Å². The second-order valence-electron chi connectivity index (χ2n) is 4.70. The van der Waals surface area contributed by atoms with Gasteiger partial charge >= 0.3 is 0 Å². The van der Waals surface area contributed by atoms with E-state index >= 15 is 0 Å². The van der Waals surface area contributed by atoms with Crippen LogP contribution in [0.5, 0.6) is 0 Å². The maximum atomic E-state index is 6.33. The van der Waals surface area contributed by atoms with Gasteiger partial charge in [-0.15, -0.1) is 0 Å². The maximum absolute atomic E-state index is 6.33. The molecule has 100 valence electrons. The van der Waals surface area contributed by atoms with E-state index in [0.29, 0.717) is 0 Å². The summed E-state index contributed by atoms with van der Waals surface area (Å²) < 4.78 is 1.19. The van der Waals surface area contributed by atoms with Gasteiger partial charge in [-0.25, -0.2) is 0 Å². The van der Waals surface area contributed by atoms with E-state index in [2.05, 4.69) is 64.3 Å². The van der Waals surface area contributed by atoms with Gasteiger partial charge in [-0.2, -0.15) is 0 Å². The van der Waals surface area contributed by atoms with Gasteiger partial charge in [0, 0.05) is 9.26 Å². The third-order valence-electron chi connectivity index (χ3n) is 3.31. The van der Waals surface area contributed by atoms with Crippen LogP contribution in [-0.4, -0.2) is 0 Å². The Labute approximate surface area is 132 Å². The Balaban J connectivity index is 1.94. The van der Waals surface area contributed by atoms with Gasteiger partial charge in [-0.3, -0.25) is 0 Å². The maximum Gasteiger partial charge on any atom is 0.101 e. The van der Waals surface area contributed by atoms with Crippen molar-refractivity contribution in [2.75, 3.05) is 5.32 Å². The molecule has 0 fully saturated rings. The Hall–Kier alpha value is -1.59. The summed E-state index contributed by atoms with van der Waals surface area (Å²) in [6.45, 7) is 0. The van der Waals surface area contributed by atoms with Gasteiger partial charge in [0.1, 0.15) is 6.17 Å². The van der Waals surface area contributed by atoms with Crippen LogP contribution in [0, 0.1) is 3.57 Å². The molecule has 1 atom stereocenters. The average Bonchev–Trinajstić information content (AvgIpc) is 2.46. The van der Waals surface area contributed by atoms with E-state index < -0.39 is 0 Å². The van der Waals surface area contributed by atoms with Crippen LogP contribution in [0.2, 0.25) is 0 Å². The minimum Gasteiger partial charge on any atom is -0.366 e. The predicted octanol–water partition coefficient (Wildman–Crippen LogP) is 4.51. The number of fused-ring (bicyclic) bond motifs is 1. The number of hydrogen-bond acceptors (Lipinski definition) is 2. The Kier molecular flexibility index (Phi) is 3.89. The third-order valence-corrected chi connectivity index (χ3v) is 3.98. The van der Waals surface area contributed by atoms with Gasteiger partial charge in [-0.1, -0.05) is 48.5 Å². The van der Waals surface area contributed by atoms with Crippen LogP contribution in [0.25, 0.3) is 10.8 Å². The second kappa shape index (κ2) is 5.81. The summed E-state index contributed by atoms with van der Waals surface area (Å²) in [5.74, 6) is 0. The van der Waals surface area contributed by atoms with Crippen LogP contribution in [0.3, 0.4) is 0 Å². The molecular weight excluding hydrogens is 359 g/mol. The minimum absolute atomic E-state index is 0.223. The second-order valence-corrected chi connectivity index (χ2v) is 5.95. The molecule has 0 aromatic heterocycles. The number of nitrogens with one attached hydrogen (secondary N) is 1. The molecule has 2 nitrogen and oxygen atoms in total. The van der Waals surface area contributed by atoms with Crippen LogP contribution < -0.4 is 11.1 Å². The molecule has 0 heterocycles. The molecule has 3 aromatic rings. The van der Waals surface area contributed by atoms with Crippen LogP contribution >= 0.6 is 22.6 Å². The molecule has 0 aliphatic rings. The molecule has 0 spiro atoms. The zero-order chi connectivity index (χ0) is 13.9. The quantitative estimate of drug-likeness (QED) is 0.523. The number of hydrogen-bond donors (Lipinski definition) is 2. The average molecular weight is 374 g/mol. The lowest BCUT2D eigenvalue weighted by molar-refractivity contribution is 0.845. The van der Waals surface area contributed by atoms with Crippen molar-refractivity contribution in [1.29, 1.82) is 0 Å². The van der Waals surface area contributed by atoms with Crippen molar-refractivity contribution in [3.8, 4) is 0 Å². The fraction of sp³-hybridized carbons (Fsp3) is 0.0588. The smallest absolute Gasteiger partial charge is 0.101 e. The van der Waals surface area contributed by atoms with Gasteiger partial charge in [0.15, 0.2) is 0 Å². The number of halogens is 1. The molecule has 0 aliphatic heterocycles. The lowest BCUT2D eigenvalue weighted by atomic mass is 10.0. The molecule has 0 amide bonds. The lowest BCUT2D eigenvalue weighted by Gasteiger charge is -2.18. The molecule has 0 aliphatic carbocycles. The van der Waals surface area contributed by atoms with E-state index in [1.54, 1.807) is 0 Å². The summed E-state index contributed by atoms with van der Waals surface area (Å²) in [5, 5.41) is 5.77. The van der Waals surface area contributed by atoms with E-state index in [4.69, 9.17) is 5.73 Å². The molecule has 3 heteroatoms. The Morgan fingerprint density at radius 3 is 2.50 bits per heavy atom.